The number of rotatable bonds is 9. The zero-order chi connectivity index (χ0) is 31.6. The summed E-state index contributed by atoms with van der Waals surface area (Å²) in [5.41, 5.74) is 3.01. The molecule has 1 atom stereocenters. The molecule has 3 heterocycles. The number of amides is 2. The first-order chi connectivity index (χ1) is 21.2. The smallest absolute Gasteiger partial charge is 0.328 e. The van der Waals surface area contributed by atoms with E-state index in [1.165, 1.54) is 5.56 Å². The minimum Gasteiger partial charge on any atom is -0.493 e. The predicted molar refractivity (Wildman–Crippen MR) is 158 cm³/mol. The fourth-order valence-electron chi connectivity index (χ4n) is 5.39. The van der Waals surface area contributed by atoms with Crippen LogP contribution in [0.15, 0.2) is 42.5 Å². The number of likely N-dealkylation sites (tertiary alicyclic amines) is 1. The standard InChI is InChI=1S/C27H33N3O6.C4H4O4/c1-33-23-12-18-7-11-30(16-20(18)13-24(23)34-2)27(32)19-4-3-9-29(15-19)10-8-26(31)28-21-5-6-22-25(14-21)36-17-35-22;5-3(6)1-2-4(7)8/h5-6,12-14,19H,3-4,7-11,15-17H2,1-2H3,(H,28,31);1-2H,(H,5,6)(H,7,8)/b;2-1+/t19-;/m0./s1. The van der Waals surface area contributed by atoms with Crippen LogP contribution in [0.5, 0.6) is 23.0 Å². The Bertz CT molecular complexity index is 1390. The lowest BCUT2D eigenvalue weighted by Gasteiger charge is -2.36. The van der Waals surface area contributed by atoms with Crippen LogP contribution in [0.4, 0.5) is 5.69 Å². The zero-order valence-electron chi connectivity index (χ0n) is 24.7. The van der Waals surface area contributed by atoms with E-state index < -0.39 is 11.9 Å². The number of hydrogen-bond acceptors (Lipinski definition) is 9. The van der Waals surface area contributed by atoms with E-state index in [1.54, 1.807) is 26.4 Å². The molecule has 0 spiro atoms. The van der Waals surface area contributed by atoms with Gasteiger partial charge in [-0.15, -0.1) is 0 Å². The first kappa shape index (κ1) is 32.1. The number of carbonyl (C=O) groups is 4. The van der Waals surface area contributed by atoms with Gasteiger partial charge in [0.1, 0.15) is 0 Å². The third-order valence-electron chi connectivity index (χ3n) is 7.56. The topological polar surface area (TPSA) is 164 Å². The number of ether oxygens (including phenoxy) is 4. The highest BCUT2D eigenvalue weighted by atomic mass is 16.7. The molecule has 5 rings (SSSR count). The average molecular weight is 612 g/mol. The van der Waals surface area contributed by atoms with Gasteiger partial charge in [0.25, 0.3) is 0 Å². The number of aliphatic carboxylic acids is 2. The van der Waals surface area contributed by atoms with Crippen molar-refractivity contribution in [2.24, 2.45) is 5.92 Å². The molecule has 3 N–H and O–H groups in total. The van der Waals surface area contributed by atoms with Gasteiger partial charge in [-0.05, 0) is 61.2 Å². The molecule has 44 heavy (non-hydrogen) atoms. The first-order valence-electron chi connectivity index (χ1n) is 14.2. The molecule has 2 aromatic carbocycles. The summed E-state index contributed by atoms with van der Waals surface area (Å²) < 4.78 is 21.6. The van der Waals surface area contributed by atoms with Crippen LogP contribution in [0, 0.1) is 5.92 Å². The second-order valence-corrected chi connectivity index (χ2v) is 10.5. The second-order valence-electron chi connectivity index (χ2n) is 10.5. The lowest BCUT2D eigenvalue weighted by Crippen LogP contribution is -2.46. The van der Waals surface area contributed by atoms with E-state index in [0.717, 1.165) is 37.1 Å². The van der Waals surface area contributed by atoms with Crippen LogP contribution in [0.2, 0.25) is 0 Å². The van der Waals surface area contributed by atoms with E-state index in [2.05, 4.69) is 10.2 Å². The maximum atomic E-state index is 13.4. The van der Waals surface area contributed by atoms with Crippen LogP contribution >= 0.6 is 0 Å². The third kappa shape index (κ3) is 8.63. The molecule has 236 valence electrons. The number of carboxylic acid groups (broad SMARTS) is 2. The van der Waals surface area contributed by atoms with Crippen LogP contribution in [-0.4, -0.2) is 91.0 Å². The summed E-state index contributed by atoms with van der Waals surface area (Å²) in [5.74, 6) is 0.326. The minimum absolute atomic E-state index is 0.0441. The number of anilines is 1. The van der Waals surface area contributed by atoms with Gasteiger partial charge in [-0.3, -0.25) is 9.59 Å². The van der Waals surface area contributed by atoms with Gasteiger partial charge in [-0.25, -0.2) is 9.59 Å². The molecule has 3 aliphatic heterocycles. The number of nitrogens with one attached hydrogen (secondary N) is 1. The van der Waals surface area contributed by atoms with Gasteiger partial charge in [0.05, 0.1) is 20.1 Å². The lowest BCUT2D eigenvalue weighted by molar-refractivity contribution is -0.138. The molecule has 13 heteroatoms. The van der Waals surface area contributed by atoms with Crippen molar-refractivity contribution >= 4 is 29.4 Å². The number of fused-ring (bicyclic) bond motifs is 2. The average Bonchev–Trinajstić information content (AvgIpc) is 3.50. The summed E-state index contributed by atoms with van der Waals surface area (Å²) in [6.07, 6.45) is 4.13. The van der Waals surface area contributed by atoms with E-state index >= 15 is 0 Å². The van der Waals surface area contributed by atoms with Gasteiger partial charge in [-0.2, -0.15) is 0 Å². The molecule has 1 fully saturated rings. The highest BCUT2D eigenvalue weighted by Crippen LogP contribution is 2.35. The number of nitrogens with zero attached hydrogens (tertiary/aromatic N) is 2. The number of benzene rings is 2. The van der Waals surface area contributed by atoms with Crippen LogP contribution in [0.1, 0.15) is 30.4 Å². The van der Waals surface area contributed by atoms with Gasteiger partial charge in [0.2, 0.25) is 18.6 Å². The van der Waals surface area contributed by atoms with Crippen LogP contribution in [-0.2, 0) is 32.1 Å². The third-order valence-corrected chi connectivity index (χ3v) is 7.56. The van der Waals surface area contributed by atoms with E-state index in [1.807, 2.05) is 23.1 Å². The first-order valence-corrected chi connectivity index (χ1v) is 14.2. The van der Waals surface area contributed by atoms with Crippen molar-refractivity contribution in [2.75, 3.05) is 52.5 Å². The summed E-state index contributed by atoms with van der Waals surface area (Å²) >= 11 is 0. The van der Waals surface area contributed by atoms with E-state index in [0.29, 0.717) is 67.7 Å². The molecule has 3 aliphatic rings. The monoisotopic (exact) mass is 611 g/mol. The van der Waals surface area contributed by atoms with Crippen molar-refractivity contribution in [3.8, 4) is 23.0 Å². The molecule has 0 bridgehead atoms. The summed E-state index contributed by atoms with van der Waals surface area (Å²) in [6.45, 7) is 3.71. The van der Waals surface area contributed by atoms with Gasteiger partial charge < -0.3 is 44.3 Å². The maximum Gasteiger partial charge on any atom is 0.328 e. The number of carboxylic acids is 2. The fourth-order valence-corrected chi connectivity index (χ4v) is 5.39. The molecular weight excluding hydrogens is 574 g/mol. The Morgan fingerprint density at radius 1 is 0.955 bits per heavy atom. The fraction of sp³-hybridized carbons (Fsp3) is 0.419. The largest absolute Gasteiger partial charge is 0.493 e. The van der Waals surface area contributed by atoms with Crippen LogP contribution in [0.25, 0.3) is 0 Å². The molecule has 0 radical (unpaired) electrons. The van der Waals surface area contributed by atoms with Crippen molar-refractivity contribution in [1.29, 1.82) is 0 Å². The van der Waals surface area contributed by atoms with E-state index in [9.17, 15) is 19.2 Å². The van der Waals surface area contributed by atoms with Crippen molar-refractivity contribution < 1.29 is 48.3 Å². The van der Waals surface area contributed by atoms with Crippen molar-refractivity contribution in [3.05, 3.63) is 53.6 Å². The molecule has 0 aliphatic carbocycles. The number of hydrogen-bond donors (Lipinski definition) is 3. The summed E-state index contributed by atoms with van der Waals surface area (Å²) in [7, 11) is 3.26. The summed E-state index contributed by atoms with van der Waals surface area (Å²) in [4.78, 5) is 49.2. The maximum absolute atomic E-state index is 13.4. The zero-order valence-corrected chi connectivity index (χ0v) is 24.7. The molecular formula is C31H37N3O10. The SMILES string of the molecule is COc1cc2c(cc1OC)CN(C(=O)[C@H]1CCCN(CCC(=O)Nc3ccc4c(c3)OCO4)C1)CC2.O=C(O)/C=C/C(=O)O. The van der Waals surface area contributed by atoms with E-state index in [-0.39, 0.29) is 24.5 Å². The Kier molecular flexibility index (Phi) is 11.0. The van der Waals surface area contributed by atoms with Crippen molar-refractivity contribution in [1.82, 2.24) is 9.80 Å². The Labute approximate surface area is 254 Å². The van der Waals surface area contributed by atoms with Gasteiger partial charge in [-0.1, -0.05) is 0 Å². The highest BCUT2D eigenvalue weighted by molar-refractivity contribution is 5.91. The van der Waals surface area contributed by atoms with Crippen molar-refractivity contribution in [2.45, 2.75) is 32.2 Å². The molecule has 2 aromatic rings. The summed E-state index contributed by atoms with van der Waals surface area (Å²) in [6, 6.07) is 9.39. The van der Waals surface area contributed by atoms with Gasteiger partial charge in [0.15, 0.2) is 23.0 Å². The van der Waals surface area contributed by atoms with Crippen LogP contribution < -0.4 is 24.3 Å². The molecule has 0 aromatic heterocycles. The molecule has 13 nitrogen and oxygen atoms in total. The second kappa shape index (κ2) is 15.1. The predicted octanol–water partition coefficient (Wildman–Crippen LogP) is 2.77. The summed E-state index contributed by atoms with van der Waals surface area (Å²) in [5, 5.41) is 18.6. The Morgan fingerprint density at radius 2 is 1.64 bits per heavy atom. The van der Waals surface area contributed by atoms with Crippen LogP contribution in [0.3, 0.4) is 0 Å². The quantitative estimate of drug-likeness (QED) is 0.357. The van der Waals surface area contributed by atoms with Gasteiger partial charge >= 0.3 is 11.9 Å². The number of carbonyl (C=O) groups excluding carboxylic acids is 2. The Hall–Kier alpha value is -4.78. The number of methoxy groups -OCH3 is 2. The molecule has 1 saturated heterocycles. The molecule has 2 amide bonds. The Balaban J connectivity index is 0.000000488. The Morgan fingerprint density at radius 3 is 2.32 bits per heavy atom. The number of piperidine rings is 1. The molecule has 0 saturated carbocycles. The minimum atomic E-state index is -1.26. The highest BCUT2D eigenvalue weighted by Gasteiger charge is 2.31. The lowest BCUT2D eigenvalue weighted by atomic mass is 9.93. The van der Waals surface area contributed by atoms with Crippen molar-refractivity contribution in [3.63, 3.8) is 0 Å². The normalized spacial score (nSPS) is 17.2. The van der Waals surface area contributed by atoms with E-state index in [4.69, 9.17) is 29.2 Å². The van der Waals surface area contributed by atoms with Gasteiger partial charge in [0, 0.05) is 56.5 Å². The molecule has 0 unspecified atom stereocenters.